The minimum Gasteiger partial charge on any atom is -0.459 e. The predicted molar refractivity (Wildman–Crippen MR) is 89.5 cm³/mol. The fourth-order valence-electron chi connectivity index (χ4n) is 2.13. The second kappa shape index (κ2) is 10.2. The number of carbonyl (C=O) groups is 1. The third-order valence-corrected chi connectivity index (χ3v) is 4.42. The van der Waals surface area contributed by atoms with Gasteiger partial charge in [0.15, 0.2) is 0 Å². The molecule has 126 valence electrons. The van der Waals surface area contributed by atoms with Crippen LogP contribution in [0.3, 0.4) is 0 Å². The molecule has 0 spiro atoms. The molecule has 0 saturated carbocycles. The van der Waals surface area contributed by atoms with Crippen LogP contribution in [0.2, 0.25) is 0 Å². The summed E-state index contributed by atoms with van der Waals surface area (Å²) in [6.45, 7) is 20.1. The number of likely N-dealkylation sites (N-methyl/N-ethyl adjacent to an activating group) is 2. The topological polar surface area (TPSA) is 32.8 Å². The fourth-order valence-corrected chi connectivity index (χ4v) is 2.13. The van der Waals surface area contributed by atoms with Gasteiger partial charge in [0.05, 0.1) is 5.41 Å². The third-order valence-electron chi connectivity index (χ3n) is 4.42. The van der Waals surface area contributed by atoms with E-state index in [1.165, 1.54) is 0 Å². The van der Waals surface area contributed by atoms with Crippen molar-refractivity contribution >= 4 is 5.97 Å². The molecule has 0 fully saturated rings. The van der Waals surface area contributed by atoms with Crippen LogP contribution in [0.25, 0.3) is 0 Å². The molecule has 4 nitrogen and oxygen atoms in total. The number of carbonyl (C=O) groups excluding carboxylic acids is 1. The first-order valence-corrected chi connectivity index (χ1v) is 8.50. The van der Waals surface area contributed by atoms with E-state index in [1.807, 2.05) is 20.8 Å². The Hall–Kier alpha value is -0.610. The lowest BCUT2D eigenvalue weighted by molar-refractivity contribution is -0.161. The molecule has 0 aliphatic carbocycles. The van der Waals surface area contributed by atoms with Crippen molar-refractivity contribution in [3.8, 4) is 0 Å². The number of hydrogen-bond donors (Lipinski definition) is 0. The Morgan fingerprint density at radius 2 is 1.29 bits per heavy atom. The first-order chi connectivity index (χ1) is 9.84. The molecular formula is C17H36N2O2. The molecule has 0 unspecified atom stereocenters. The fraction of sp³-hybridized carbons (Fsp3) is 0.941. The molecule has 0 amide bonds. The van der Waals surface area contributed by atoms with Crippen LogP contribution >= 0.6 is 0 Å². The highest BCUT2D eigenvalue weighted by atomic mass is 16.5. The van der Waals surface area contributed by atoms with Gasteiger partial charge in [-0.3, -0.25) is 4.79 Å². The van der Waals surface area contributed by atoms with Gasteiger partial charge in [-0.25, -0.2) is 0 Å². The Bertz CT molecular complexity index is 271. The summed E-state index contributed by atoms with van der Waals surface area (Å²) in [5, 5.41) is 0. The Balaban J connectivity index is 4.82. The Morgan fingerprint density at radius 1 is 0.905 bits per heavy atom. The number of rotatable bonds is 11. The predicted octanol–water partition coefficient (Wildman–Crippen LogP) is 3.02. The van der Waals surface area contributed by atoms with Crippen molar-refractivity contribution in [3.05, 3.63) is 0 Å². The minimum absolute atomic E-state index is 0.0527. The lowest BCUT2D eigenvalue weighted by Gasteiger charge is -2.32. The van der Waals surface area contributed by atoms with E-state index in [-0.39, 0.29) is 12.1 Å². The van der Waals surface area contributed by atoms with Gasteiger partial charge in [0.25, 0.3) is 0 Å². The van der Waals surface area contributed by atoms with E-state index in [0.717, 1.165) is 45.7 Å². The van der Waals surface area contributed by atoms with Gasteiger partial charge in [0.1, 0.15) is 6.10 Å². The maximum atomic E-state index is 12.4. The van der Waals surface area contributed by atoms with Crippen molar-refractivity contribution < 1.29 is 9.53 Å². The van der Waals surface area contributed by atoms with Gasteiger partial charge in [-0.15, -0.1) is 0 Å². The Morgan fingerprint density at radius 3 is 1.57 bits per heavy atom. The number of hydrogen-bond acceptors (Lipinski definition) is 4. The summed E-state index contributed by atoms with van der Waals surface area (Å²) in [6.07, 6.45) is 0.748. The first kappa shape index (κ1) is 20.4. The Labute approximate surface area is 131 Å². The zero-order valence-corrected chi connectivity index (χ0v) is 15.2. The van der Waals surface area contributed by atoms with Crippen molar-refractivity contribution in [2.45, 2.75) is 61.0 Å². The summed E-state index contributed by atoms with van der Waals surface area (Å²) in [4.78, 5) is 17.0. The zero-order valence-electron chi connectivity index (χ0n) is 15.2. The molecule has 0 aromatic heterocycles. The molecule has 4 heteroatoms. The summed E-state index contributed by atoms with van der Waals surface area (Å²) in [6, 6.07) is 0. The zero-order chi connectivity index (χ0) is 16.5. The maximum Gasteiger partial charge on any atom is 0.311 e. The van der Waals surface area contributed by atoms with E-state index in [0.29, 0.717) is 0 Å². The van der Waals surface area contributed by atoms with Crippen LogP contribution in [0.1, 0.15) is 54.9 Å². The van der Waals surface area contributed by atoms with Crippen LogP contribution in [0.4, 0.5) is 0 Å². The molecule has 0 saturated heterocycles. The van der Waals surface area contributed by atoms with Gasteiger partial charge in [0.2, 0.25) is 0 Å². The van der Waals surface area contributed by atoms with Crippen molar-refractivity contribution in [2.24, 2.45) is 5.41 Å². The highest BCUT2D eigenvalue weighted by Gasteiger charge is 2.30. The molecule has 0 atom stereocenters. The smallest absolute Gasteiger partial charge is 0.311 e. The molecule has 0 aliphatic rings. The van der Waals surface area contributed by atoms with Crippen molar-refractivity contribution in [3.63, 3.8) is 0 Å². The quantitative estimate of drug-likeness (QED) is 0.549. The average molecular weight is 300 g/mol. The van der Waals surface area contributed by atoms with Crippen LogP contribution in [0.5, 0.6) is 0 Å². The third kappa shape index (κ3) is 7.28. The number of nitrogens with zero attached hydrogens (tertiary/aromatic N) is 2. The number of ether oxygens (including phenoxy) is 1. The van der Waals surface area contributed by atoms with E-state index < -0.39 is 5.41 Å². The van der Waals surface area contributed by atoms with Crippen LogP contribution in [-0.2, 0) is 9.53 Å². The van der Waals surface area contributed by atoms with Gasteiger partial charge in [-0.2, -0.15) is 0 Å². The summed E-state index contributed by atoms with van der Waals surface area (Å²) >= 11 is 0. The van der Waals surface area contributed by atoms with Crippen LogP contribution in [0, 0.1) is 5.41 Å². The average Bonchev–Trinajstić information content (AvgIpc) is 2.49. The van der Waals surface area contributed by atoms with Crippen LogP contribution in [-0.4, -0.2) is 61.1 Å². The molecular weight excluding hydrogens is 264 g/mol. The van der Waals surface area contributed by atoms with E-state index in [2.05, 4.69) is 37.5 Å². The summed E-state index contributed by atoms with van der Waals surface area (Å²) < 4.78 is 5.85. The largest absolute Gasteiger partial charge is 0.459 e. The summed E-state index contributed by atoms with van der Waals surface area (Å²) in [5.41, 5.74) is -0.398. The van der Waals surface area contributed by atoms with E-state index in [9.17, 15) is 4.79 Å². The molecule has 21 heavy (non-hydrogen) atoms. The van der Waals surface area contributed by atoms with Gasteiger partial charge in [0, 0.05) is 13.1 Å². The molecule has 0 aromatic carbocycles. The lowest BCUT2D eigenvalue weighted by Crippen LogP contribution is -2.44. The second-order valence-corrected chi connectivity index (χ2v) is 6.24. The molecule has 0 radical (unpaired) electrons. The molecule has 0 aromatic rings. The SMILES string of the molecule is CCN(CC)CC(CN(CC)CC)OC(=O)C(C)(C)CC. The molecule has 0 rings (SSSR count). The van der Waals surface area contributed by atoms with E-state index in [1.54, 1.807) is 0 Å². The van der Waals surface area contributed by atoms with Gasteiger partial charge in [-0.1, -0.05) is 34.6 Å². The summed E-state index contributed by atoms with van der Waals surface area (Å²) in [7, 11) is 0. The van der Waals surface area contributed by atoms with Crippen LogP contribution in [0.15, 0.2) is 0 Å². The highest BCUT2D eigenvalue weighted by Crippen LogP contribution is 2.22. The van der Waals surface area contributed by atoms with Crippen molar-refractivity contribution in [1.82, 2.24) is 9.80 Å². The molecule has 0 bridgehead atoms. The van der Waals surface area contributed by atoms with E-state index >= 15 is 0 Å². The molecule has 0 aliphatic heterocycles. The van der Waals surface area contributed by atoms with Gasteiger partial charge < -0.3 is 14.5 Å². The summed E-state index contributed by atoms with van der Waals surface area (Å²) in [5.74, 6) is -0.0747. The van der Waals surface area contributed by atoms with Gasteiger partial charge in [-0.05, 0) is 46.4 Å². The Kier molecular flexibility index (Phi) is 9.88. The standard InChI is InChI=1S/C17H36N2O2/c1-8-17(6,7)16(20)21-15(13-18(9-2)10-3)14-19(11-4)12-5/h15H,8-14H2,1-7H3. The molecule has 0 N–H and O–H groups in total. The monoisotopic (exact) mass is 300 g/mol. The van der Waals surface area contributed by atoms with E-state index in [4.69, 9.17) is 4.74 Å². The highest BCUT2D eigenvalue weighted by molar-refractivity contribution is 5.76. The number of esters is 1. The van der Waals surface area contributed by atoms with Crippen molar-refractivity contribution in [1.29, 1.82) is 0 Å². The normalized spacial score (nSPS) is 12.5. The van der Waals surface area contributed by atoms with Crippen molar-refractivity contribution in [2.75, 3.05) is 39.3 Å². The maximum absolute atomic E-state index is 12.4. The first-order valence-electron chi connectivity index (χ1n) is 8.50. The second-order valence-electron chi connectivity index (χ2n) is 6.24. The van der Waals surface area contributed by atoms with Crippen LogP contribution < -0.4 is 0 Å². The van der Waals surface area contributed by atoms with Gasteiger partial charge >= 0.3 is 5.97 Å². The molecule has 0 heterocycles. The minimum atomic E-state index is -0.398. The lowest BCUT2D eigenvalue weighted by atomic mass is 9.90.